The topological polar surface area (TPSA) is 67.4 Å². The van der Waals surface area contributed by atoms with Crippen molar-refractivity contribution in [1.29, 1.82) is 0 Å². The smallest absolute Gasteiger partial charge is 0.277 e. The molecule has 1 N–H and O–H groups in total. The summed E-state index contributed by atoms with van der Waals surface area (Å²) in [6.45, 7) is 5.72. The van der Waals surface area contributed by atoms with E-state index in [1.807, 2.05) is 37.3 Å². The lowest BCUT2D eigenvalue weighted by atomic mass is 10.2. The van der Waals surface area contributed by atoms with E-state index in [1.165, 1.54) is 0 Å². The third-order valence-electron chi connectivity index (χ3n) is 3.52. The Kier molecular flexibility index (Phi) is 6.69. The molecule has 6 heteroatoms. The maximum absolute atomic E-state index is 12.8. The molecule has 6 nitrogen and oxygen atoms in total. The number of benzene rings is 1. The number of nitrogens with one attached hydrogen (secondary N) is 1. The number of amides is 1. The van der Waals surface area contributed by atoms with Gasteiger partial charge >= 0.3 is 0 Å². The van der Waals surface area contributed by atoms with Crippen molar-refractivity contribution < 1.29 is 9.53 Å². The van der Waals surface area contributed by atoms with Crippen LogP contribution in [0.25, 0.3) is 0 Å². The third kappa shape index (κ3) is 4.76. The predicted molar refractivity (Wildman–Crippen MR) is 95.5 cm³/mol. The first kappa shape index (κ1) is 17.9. The molecule has 1 aromatic carbocycles. The molecule has 1 aromatic heterocycles. The van der Waals surface area contributed by atoms with Crippen molar-refractivity contribution in [3.63, 3.8) is 0 Å². The molecule has 24 heavy (non-hydrogen) atoms. The summed E-state index contributed by atoms with van der Waals surface area (Å²) >= 11 is 0. The Bertz CT molecular complexity index is 661. The zero-order chi connectivity index (χ0) is 17.4. The fourth-order valence-corrected chi connectivity index (χ4v) is 2.39. The highest BCUT2D eigenvalue weighted by atomic mass is 16.5. The van der Waals surface area contributed by atoms with E-state index in [9.17, 15) is 4.79 Å². The van der Waals surface area contributed by atoms with E-state index in [2.05, 4.69) is 15.3 Å². The Labute approximate surface area is 142 Å². The van der Waals surface area contributed by atoms with Gasteiger partial charge in [-0.05, 0) is 32.4 Å². The number of hydrogen-bond acceptors (Lipinski definition) is 5. The zero-order valence-electron chi connectivity index (χ0n) is 14.5. The van der Waals surface area contributed by atoms with Crippen molar-refractivity contribution in [1.82, 2.24) is 9.97 Å². The van der Waals surface area contributed by atoms with Crippen LogP contribution < -0.4 is 10.2 Å². The van der Waals surface area contributed by atoms with Gasteiger partial charge in [0.1, 0.15) is 17.3 Å². The molecule has 1 heterocycles. The first-order valence-corrected chi connectivity index (χ1v) is 8.11. The van der Waals surface area contributed by atoms with Crippen molar-refractivity contribution >= 4 is 17.4 Å². The molecule has 0 aliphatic carbocycles. The summed E-state index contributed by atoms with van der Waals surface area (Å²) in [7, 11) is 1.68. The molecular weight excluding hydrogens is 304 g/mol. The van der Waals surface area contributed by atoms with Crippen molar-refractivity contribution in [3.8, 4) is 0 Å². The van der Waals surface area contributed by atoms with Gasteiger partial charge in [0.2, 0.25) is 0 Å². The number of carbonyl (C=O) groups is 1. The van der Waals surface area contributed by atoms with Gasteiger partial charge in [0.25, 0.3) is 5.91 Å². The van der Waals surface area contributed by atoms with Gasteiger partial charge in [-0.15, -0.1) is 0 Å². The Balaban J connectivity index is 2.17. The van der Waals surface area contributed by atoms with E-state index in [-0.39, 0.29) is 5.91 Å². The lowest BCUT2D eigenvalue weighted by Gasteiger charge is -2.21. The molecule has 0 aliphatic rings. The Morgan fingerprint density at radius 3 is 2.67 bits per heavy atom. The summed E-state index contributed by atoms with van der Waals surface area (Å²) in [5.41, 5.74) is 1.25. The normalized spacial score (nSPS) is 10.5. The van der Waals surface area contributed by atoms with Crippen molar-refractivity contribution in [2.45, 2.75) is 20.3 Å². The van der Waals surface area contributed by atoms with E-state index < -0.39 is 0 Å². The number of methoxy groups -OCH3 is 1. The first-order chi connectivity index (χ1) is 11.7. The van der Waals surface area contributed by atoms with Crippen LogP contribution in [-0.2, 0) is 4.74 Å². The standard InChI is InChI=1S/C18H24N4O2/c1-4-22(15-9-6-5-7-10-15)18(23)16-13-17(21-14(2)20-16)19-11-8-12-24-3/h5-7,9-10,13H,4,8,11-12H2,1-3H3,(H,19,20,21). The average molecular weight is 328 g/mol. The number of anilines is 2. The molecule has 0 fully saturated rings. The van der Waals surface area contributed by atoms with Crippen LogP contribution in [0.3, 0.4) is 0 Å². The molecule has 2 aromatic rings. The van der Waals surface area contributed by atoms with Crippen LogP contribution in [0.1, 0.15) is 29.7 Å². The van der Waals surface area contributed by atoms with Gasteiger partial charge in [-0.1, -0.05) is 18.2 Å². The van der Waals surface area contributed by atoms with Gasteiger partial charge in [0, 0.05) is 38.6 Å². The van der Waals surface area contributed by atoms with E-state index in [0.717, 1.165) is 18.7 Å². The van der Waals surface area contributed by atoms with Crippen LogP contribution in [0.4, 0.5) is 11.5 Å². The van der Waals surface area contributed by atoms with Crippen LogP contribution in [0, 0.1) is 6.92 Å². The van der Waals surface area contributed by atoms with Gasteiger partial charge in [-0.25, -0.2) is 9.97 Å². The Morgan fingerprint density at radius 1 is 1.25 bits per heavy atom. The molecule has 0 saturated heterocycles. The summed E-state index contributed by atoms with van der Waals surface area (Å²) in [6.07, 6.45) is 0.869. The second-order valence-corrected chi connectivity index (χ2v) is 5.34. The van der Waals surface area contributed by atoms with Crippen LogP contribution in [-0.4, -0.2) is 42.7 Å². The molecule has 1 amide bonds. The number of aryl methyl sites for hydroxylation is 1. The summed E-state index contributed by atoms with van der Waals surface area (Å²) in [5.74, 6) is 1.10. The quantitative estimate of drug-likeness (QED) is 0.755. The molecule has 0 unspecified atom stereocenters. The number of rotatable bonds is 8. The minimum atomic E-state index is -0.130. The van der Waals surface area contributed by atoms with Crippen LogP contribution >= 0.6 is 0 Å². The van der Waals surface area contributed by atoms with Crippen LogP contribution in [0.2, 0.25) is 0 Å². The fraction of sp³-hybridized carbons (Fsp3) is 0.389. The van der Waals surface area contributed by atoms with Crippen molar-refractivity contribution in [2.24, 2.45) is 0 Å². The summed E-state index contributed by atoms with van der Waals surface area (Å²) in [4.78, 5) is 23.2. The minimum Gasteiger partial charge on any atom is -0.385 e. The molecular formula is C18H24N4O2. The van der Waals surface area contributed by atoms with Crippen LogP contribution in [0.15, 0.2) is 36.4 Å². The van der Waals surface area contributed by atoms with Gasteiger partial charge in [0.05, 0.1) is 0 Å². The molecule has 0 spiro atoms. The highest BCUT2D eigenvalue weighted by molar-refractivity contribution is 6.05. The summed E-state index contributed by atoms with van der Waals surface area (Å²) < 4.78 is 5.03. The van der Waals surface area contributed by atoms with E-state index >= 15 is 0 Å². The number of carbonyl (C=O) groups excluding carboxylic acids is 1. The molecule has 2 rings (SSSR count). The largest absolute Gasteiger partial charge is 0.385 e. The third-order valence-corrected chi connectivity index (χ3v) is 3.52. The van der Waals surface area contributed by atoms with E-state index in [4.69, 9.17) is 4.74 Å². The van der Waals surface area contributed by atoms with Gasteiger partial charge in [-0.2, -0.15) is 0 Å². The van der Waals surface area contributed by atoms with Gasteiger partial charge < -0.3 is 15.0 Å². The average Bonchev–Trinajstić information content (AvgIpc) is 2.60. The monoisotopic (exact) mass is 328 g/mol. The Hall–Kier alpha value is -2.47. The first-order valence-electron chi connectivity index (χ1n) is 8.11. The van der Waals surface area contributed by atoms with Crippen molar-refractivity contribution in [3.05, 3.63) is 47.9 Å². The SMILES string of the molecule is CCN(C(=O)c1cc(NCCCOC)nc(C)n1)c1ccccc1. The second-order valence-electron chi connectivity index (χ2n) is 5.34. The predicted octanol–water partition coefficient (Wildman–Crippen LogP) is 2.90. The Morgan fingerprint density at radius 2 is 2.00 bits per heavy atom. The fourth-order valence-electron chi connectivity index (χ4n) is 2.39. The maximum atomic E-state index is 12.8. The lowest BCUT2D eigenvalue weighted by molar-refractivity contribution is 0.0983. The molecule has 0 atom stereocenters. The molecule has 0 aliphatic heterocycles. The maximum Gasteiger partial charge on any atom is 0.277 e. The zero-order valence-corrected chi connectivity index (χ0v) is 14.5. The number of nitrogens with zero attached hydrogens (tertiary/aromatic N) is 3. The number of para-hydroxylation sites is 1. The van der Waals surface area contributed by atoms with Crippen LogP contribution in [0.5, 0.6) is 0 Å². The highest BCUT2D eigenvalue weighted by Gasteiger charge is 2.18. The van der Waals surface area contributed by atoms with Gasteiger partial charge in [-0.3, -0.25) is 4.79 Å². The number of ether oxygens (including phenoxy) is 1. The number of aromatic nitrogens is 2. The summed E-state index contributed by atoms with van der Waals surface area (Å²) in [6, 6.07) is 11.3. The summed E-state index contributed by atoms with van der Waals surface area (Å²) in [5, 5.41) is 3.21. The molecule has 128 valence electrons. The number of hydrogen-bond donors (Lipinski definition) is 1. The molecule has 0 saturated carbocycles. The van der Waals surface area contributed by atoms with Gasteiger partial charge in [0.15, 0.2) is 0 Å². The van der Waals surface area contributed by atoms with Crippen molar-refractivity contribution in [2.75, 3.05) is 37.0 Å². The minimum absolute atomic E-state index is 0.130. The van der Waals surface area contributed by atoms with E-state index in [0.29, 0.717) is 30.5 Å². The van der Waals surface area contributed by atoms with E-state index in [1.54, 1.807) is 25.0 Å². The second kappa shape index (κ2) is 8.98. The molecule has 0 radical (unpaired) electrons. The molecule has 0 bridgehead atoms. The highest BCUT2D eigenvalue weighted by Crippen LogP contribution is 2.17. The lowest BCUT2D eigenvalue weighted by Crippen LogP contribution is -2.31.